The summed E-state index contributed by atoms with van der Waals surface area (Å²) >= 11 is 0. The van der Waals surface area contributed by atoms with Crippen LogP contribution in [-0.2, 0) is 17.8 Å². The topological polar surface area (TPSA) is 67.4 Å². The summed E-state index contributed by atoms with van der Waals surface area (Å²) in [6.07, 6.45) is 4.16. The highest BCUT2D eigenvalue weighted by atomic mass is 19.2. The summed E-state index contributed by atoms with van der Waals surface area (Å²) in [5.74, 6) is -2.13. The van der Waals surface area contributed by atoms with Crippen molar-refractivity contribution >= 4 is 11.9 Å². The van der Waals surface area contributed by atoms with E-state index in [1.165, 1.54) is 12.1 Å². The van der Waals surface area contributed by atoms with E-state index in [1.807, 2.05) is 4.90 Å². The van der Waals surface area contributed by atoms with Gasteiger partial charge in [-0.15, -0.1) is 0 Å². The van der Waals surface area contributed by atoms with Gasteiger partial charge in [-0.3, -0.25) is 4.79 Å². The molecule has 0 spiro atoms. The number of anilines is 1. The maximum atomic E-state index is 13.8. The summed E-state index contributed by atoms with van der Waals surface area (Å²) in [5, 5.41) is 2.80. The van der Waals surface area contributed by atoms with Crippen molar-refractivity contribution in [1.82, 2.24) is 15.3 Å². The van der Waals surface area contributed by atoms with Crippen LogP contribution in [0.2, 0.25) is 0 Å². The van der Waals surface area contributed by atoms with E-state index < -0.39 is 17.5 Å². The normalized spacial score (nSPS) is 19.5. The van der Waals surface area contributed by atoms with Crippen molar-refractivity contribution in [3.05, 3.63) is 52.9 Å². The minimum atomic E-state index is -1.12. The molecule has 2 aliphatic rings. The lowest BCUT2D eigenvalue weighted by Gasteiger charge is -2.33. The zero-order valence-electron chi connectivity index (χ0n) is 14.8. The minimum Gasteiger partial charge on any atom is -0.376 e. The van der Waals surface area contributed by atoms with Gasteiger partial charge in [0.05, 0.1) is 24.5 Å². The number of carbonyl (C=O) groups is 1. The zero-order valence-corrected chi connectivity index (χ0v) is 14.8. The van der Waals surface area contributed by atoms with Gasteiger partial charge in [0.15, 0.2) is 11.6 Å². The SMILES string of the molecule is O=C(NC1CCCN(c2ncc3c(n2)CCOC3)C1)c1cccc(F)c1F. The Morgan fingerprint density at radius 2 is 2.22 bits per heavy atom. The molecule has 0 radical (unpaired) electrons. The fraction of sp³-hybridized carbons (Fsp3) is 0.421. The number of fused-ring (bicyclic) bond motifs is 1. The van der Waals surface area contributed by atoms with Crippen LogP contribution in [0.4, 0.5) is 14.7 Å². The van der Waals surface area contributed by atoms with Gasteiger partial charge < -0.3 is 15.0 Å². The zero-order chi connectivity index (χ0) is 18.8. The number of halogens is 2. The lowest BCUT2D eigenvalue weighted by atomic mass is 10.0. The number of nitrogens with one attached hydrogen (secondary N) is 1. The van der Waals surface area contributed by atoms with Crippen molar-refractivity contribution in [2.24, 2.45) is 0 Å². The lowest BCUT2D eigenvalue weighted by Crippen LogP contribution is -2.48. The van der Waals surface area contributed by atoms with Crippen molar-refractivity contribution < 1.29 is 18.3 Å². The third kappa shape index (κ3) is 3.75. The molecule has 2 aromatic rings. The first-order valence-corrected chi connectivity index (χ1v) is 9.04. The predicted molar refractivity (Wildman–Crippen MR) is 94.5 cm³/mol. The van der Waals surface area contributed by atoms with E-state index >= 15 is 0 Å². The van der Waals surface area contributed by atoms with Crippen LogP contribution in [0, 0.1) is 11.6 Å². The average molecular weight is 374 g/mol. The molecule has 2 aliphatic heterocycles. The van der Waals surface area contributed by atoms with Crippen molar-refractivity contribution in [2.75, 3.05) is 24.6 Å². The second kappa shape index (κ2) is 7.56. The van der Waals surface area contributed by atoms with E-state index in [-0.39, 0.29) is 11.6 Å². The molecule has 1 atom stereocenters. The summed E-state index contributed by atoms with van der Waals surface area (Å²) < 4.78 is 32.6. The lowest BCUT2D eigenvalue weighted by molar-refractivity contribution is 0.0927. The predicted octanol–water partition coefficient (Wildman–Crippen LogP) is 2.23. The van der Waals surface area contributed by atoms with E-state index in [2.05, 4.69) is 15.3 Å². The molecular weight excluding hydrogens is 354 g/mol. The smallest absolute Gasteiger partial charge is 0.254 e. The number of aromatic nitrogens is 2. The van der Waals surface area contributed by atoms with Gasteiger partial charge in [0, 0.05) is 37.3 Å². The molecule has 27 heavy (non-hydrogen) atoms. The van der Waals surface area contributed by atoms with Gasteiger partial charge in [-0.2, -0.15) is 0 Å². The number of rotatable bonds is 3. The molecule has 0 bridgehead atoms. The van der Waals surface area contributed by atoms with Gasteiger partial charge in [0.1, 0.15) is 0 Å². The highest BCUT2D eigenvalue weighted by Gasteiger charge is 2.25. The molecule has 1 amide bonds. The number of amides is 1. The number of nitrogens with zero attached hydrogens (tertiary/aromatic N) is 3. The third-order valence-electron chi connectivity index (χ3n) is 4.92. The second-order valence-corrected chi connectivity index (χ2v) is 6.80. The Kier molecular flexibility index (Phi) is 4.98. The maximum absolute atomic E-state index is 13.8. The van der Waals surface area contributed by atoms with Crippen molar-refractivity contribution in [2.45, 2.75) is 31.9 Å². The van der Waals surface area contributed by atoms with E-state index in [0.717, 1.165) is 43.1 Å². The van der Waals surface area contributed by atoms with E-state index in [1.54, 1.807) is 6.20 Å². The van der Waals surface area contributed by atoms with Crippen LogP contribution in [0.3, 0.4) is 0 Å². The number of benzene rings is 1. The Balaban J connectivity index is 1.45. The van der Waals surface area contributed by atoms with Crippen LogP contribution in [0.15, 0.2) is 24.4 Å². The van der Waals surface area contributed by atoms with E-state index in [4.69, 9.17) is 4.74 Å². The minimum absolute atomic E-state index is 0.183. The first-order valence-electron chi connectivity index (χ1n) is 9.04. The molecule has 142 valence electrons. The van der Waals surface area contributed by atoms with Gasteiger partial charge >= 0.3 is 0 Å². The summed E-state index contributed by atoms with van der Waals surface area (Å²) in [5.41, 5.74) is 1.73. The Morgan fingerprint density at radius 1 is 1.33 bits per heavy atom. The molecule has 1 N–H and O–H groups in total. The molecule has 4 rings (SSSR count). The van der Waals surface area contributed by atoms with E-state index in [0.29, 0.717) is 25.7 Å². The van der Waals surface area contributed by atoms with Crippen LogP contribution < -0.4 is 10.2 Å². The van der Waals surface area contributed by atoms with Crippen molar-refractivity contribution in [1.29, 1.82) is 0 Å². The average Bonchev–Trinajstić information content (AvgIpc) is 2.70. The molecule has 1 aromatic heterocycles. The Labute approximate surface area is 155 Å². The van der Waals surface area contributed by atoms with Crippen molar-refractivity contribution in [3.8, 4) is 0 Å². The molecule has 0 saturated carbocycles. The molecule has 1 unspecified atom stereocenters. The number of hydrogen-bond acceptors (Lipinski definition) is 5. The molecule has 1 aromatic carbocycles. The fourth-order valence-electron chi connectivity index (χ4n) is 3.49. The highest BCUT2D eigenvalue weighted by Crippen LogP contribution is 2.21. The number of piperidine rings is 1. The van der Waals surface area contributed by atoms with Gasteiger partial charge in [-0.05, 0) is 25.0 Å². The van der Waals surface area contributed by atoms with Crippen LogP contribution in [0.1, 0.15) is 34.5 Å². The molecular formula is C19H20F2N4O2. The Bertz CT molecular complexity index is 862. The van der Waals surface area contributed by atoms with Crippen molar-refractivity contribution in [3.63, 3.8) is 0 Å². The highest BCUT2D eigenvalue weighted by molar-refractivity contribution is 5.94. The molecule has 1 fully saturated rings. The van der Waals surface area contributed by atoms with Gasteiger partial charge in [0.2, 0.25) is 5.95 Å². The van der Waals surface area contributed by atoms with Gasteiger partial charge in [0.25, 0.3) is 5.91 Å². The van der Waals surface area contributed by atoms with E-state index in [9.17, 15) is 13.6 Å². The molecule has 3 heterocycles. The molecule has 1 saturated heterocycles. The summed E-state index contributed by atoms with van der Waals surface area (Å²) in [6.45, 7) is 2.50. The summed E-state index contributed by atoms with van der Waals surface area (Å²) in [7, 11) is 0. The molecule has 0 aliphatic carbocycles. The number of ether oxygens (including phenoxy) is 1. The largest absolute Gasteiger partial charge is 0.376 e. The maximum Gasteiger partial charge on any atom is 0.254 e. The van der Waals surface area contributed by atoms with Crippen LogP contribution >= 0.6 is 0 Å². The second-order valence-electron chi connectivity index (χ2n) is 6.80. The van der Waals surface area contributed by atoms with Crippen LogP contribution in [0.25, 0.3) is 0 Å². The quantitative estimate of drug-likeness (QED) is 0.892. The molecule has 6 nitrogen and oxygen atoms in total. The summed E-state index contributed by atoms with van der Waals surface area (Å²) in [4.78, 5) is 23.4. The fourth-order valence-corrected chi connectivity index (χ4v) is 3.49. The Morgan fingerprint density at radius 3 is 3.11 bits per heavy atom. The first-order chi connectivity index (χ1) is 13.1. The Hall–Kier alpha value is -2.61. The number of hydrogen-bond donors (Lipinski definition) is 1. The number of carbonyl (C=O) groups excluding carboxylic acids is 1. The third-order valence-corrected chi connectivity index (χ3v) is 4.92. The summed E-state index contributed by atoms with van der Waals surface area (Å²) in [6, 6.07) is 3.41. The van der Waals surface area contributed by atoms with Crippen LogP contribution in [0.5, 0.6) is 0 Å². The van der Waals surface area contributed by atoms with Gasteiger partial charge in [-0.1, -0.05) is 6.07 Å². The molecule has 8 heteroatoms. The first kappa shape index (κ1) is 17.8. The standard InChI is InChI=1S/C19H20F2N4O2/c20-15-5-1-4-14(17(15)21)18(26)23-13-3-2-7-25(10-13)19-22-9-12-11-27-8-6-16(12)24-19/h1,4-5,9,13H,2-3,6-8,10-11H2,(H,23,26). The van der Waals surface area contributed by atoms with Crippen LogP contribution in [-0.4, -0.2) is 41.6 Å². The monoisotopic (exact) mass is 374 g/mol. The van der Waals surface area contributed by atoms with Gasteiger partial charge in [-0.25, -0.2) is 18.7 Å².